The molecule has 0 aliphatic carbocycles. The van der Waals surface area contributed by atoms with Crippen LogP contribution in [-0.2, 0) is 10.4 Å². The summed E-state index contributed by atoms with van der Waals surface area (Å²) in [6.07, 6.45) is 3.70. The van der Waals surface area contributed by atoms with Gasteiger partial charge in [-0.1, -0.05) is 11.6 Å². The molecule has 1 fully saturated rings. The molecule has 1 saturated heterocycles. The zero-order chi connectivity index (χ0) is 13.7. The van der Waals surface area contributed by atoms with Gasteiger partial charge < -0.3 is 10.4 Å². The fourth-order valence-corrected chi connectivity index (χ4v) is 3.75. The van der Waals surface area contributed by atoms with Gasteiger partial charge >= 0.3 is 0 Å². The summed E-state index contributed by atoms with van der Waals surface area (Å²) in [4.78, 5) is 12.7. The number of carbonyl (C=O) groups excluding carboxylic acids is 1. The van der Waals surface area contributed by atoms with Gasteiger partial charge in [-0.25, -0.2) is 0 Å². The van der Waals surface area contributed by atoms with E-state index in [2.05, 4.69) is 5.32 Å². The first-order valence-electron chi connectivity index (χ1n) is 6.39. The summed E-state index contributed by atoms with van der Waals surface area (Å²) in [7, 11) is 0. The van der Waals surface area contributed by atoms with Crippen molar-refractivity contribution in [2.45, 2.75) is 25.4 Å². The van der Waals surface area contributed by atoms with Gasteiger partial charge in [-0.2, -0.15) is 11.8 Å². The number of allylic oxidation sites excluding steroid dienone is 1. The van der Waals surface area contributed by atoms with E-state index in [0.717, 1.165) is 29.2 Å². The van der Waals surface area contributed by atoms with Gasteiger partial charge in [0.2, 0.25) is 5.91 Å². The maximum Gasteiger partial charge on any atom is 0.244 e. The minimum absolute atomic E-state index is 0.0984. The Morgan fingerprint density at radius 1 is 1.53 bits per heavy atom. The Hall–Kier alpha value is -0.780. The lowest BCUT2D eigenvalue weighted by atomic mass is 10.1. The van der Waals surface area contributed by atoms with E-state index in [9.17, 15) is 9.90 Å². The molecule has 2 heterocycles. The number of amides is 1. The summed E-state index contributed by atoms with van der Waals surface area (Å²) in [6, 6.07) is 3.78. The molecule has 1 atom stereocenters. The Morgan fingerprint density at radius 3 is 2.89 bits per heavy atom. The predicted octanol–water partition coefficient (Wildman–Crippen LogP) is 2.53. The minimum atomic E-state index is -0.995. The number of rotatable bonds is 4. The Bertz CT molecular complexity index is 444. The topological polar surface area (TPSA) is 49.3 Å². The number of thioether (sulfide) groups is 1. The molecule has 1 amide bonds. The SMILES string of the molecule is CC(O)(CNC(=O)C=C1CCSCC1)c1cccs1. The second-order valence-electron chi connectivity index (χ2n) is 4.88. The number of carbonyl (C=O) groups is 1. The quantitative estimate of drug-likeness (QED) is 0.840. The summed E-state index contributed by atoms with van der Waals surface area (Å²) >= 11 is 3.43. The third-order valence-electron chi connectivity index (χ3n) is 3.13. The molecule has 1 aromatic heterocycles. The molecule has 0 radical (unpaired) electrons. The smallest absolute Gasteiger partial charge is 0.244 e. The van der Waals surface area contributed by atoms with Gasteiger partial charge in [0.1, 0.15) is 5.60 Å². The minimum Gasteiger partial charge on any atom is -0.383 e. The van der Waals surface area contributed by atoms with Crippen LogP contribution in [0.15, 0.2) is 29.2 Å². The van der Waals surface area contributed by atoms with E-state index in [4.69, 9.17) is 0 Å². The van der Waals surface area contributed by atoms with E-state index in [1.54, 1.807) is 13.0 Å². The van der Waals surface area contributed by atoms with Crippen molar-refractivity contribution in [3.8, 4) is 0 Å². The third-order valence-corrected chi connectivity index (χ3v) is 5.24. The average molecular weight is 297 g/mol. The highest BCUT2D eigenvalue weighted by Gasteiger charge is 2.24. The van der Waals surface area contributed by atoms with Gasteiger partial charge in [-0.3, -0.25) is 4.79 Å². The molecule has 0 spiro atoms. The number of nitrogens with one attached hydrogen (secondary N) is 1. The summed E-state index contributed by atoms with van der Waals surface area (Å²) in [6.45, 7) is 1.97. The average Bonchev–Trinajstić information content (AvgIpc) is 2.92. The highest BCUT2D eigenvalue weighted by molar-refractivity contribution is 7.99. The van der Waals surface area contributed by atoms with E-state index in [0.29, 0.717) is 0 Å². The Morgan fingerprint density at radius 2 is 2.26 bits per heavy atom. The van der Waals surface area contributed by atoms with Crippen molar-refractivity contribution in [1.82, 2.24) is 5.32 Å². The lowest BCUT2D eigenvalue weighted by Gasteiger charge is -2.22. The molecule has 104 valence electrons. The van der Waals surface area contributed by atoms with Crippen molar-refractivity contribution in [2.24, 2.45) is 0 Å². The van der Waals surface area contributed by atoms with Crippen LogP contribution in [0.2, 0.25) is 0 Å². The Balaban J connectivity index is 1.86. The molecule has 1 unspecified atom stereocenters. The fourth-order valence-electron chi connectivity index (χ4n) is 1.95. The molecule has 0 saturated carbocycles. The Labute approximate surface area is 122 Å². The zero-order valence-electron chi connectivity index (χ0n) is 11.0. The first kappa shape index (κ1) is 14.6. The van der Waals surface area contributed by atoms with Gasteiger partial charge in [-0.15, -0.1) is 11.3 Å². The van der Waals surface area contributed by atoms with Crippen molar-refractivity contribution < 1.29 is 9.90 Å². The molecule has 19 heavy (non-hydrogen) atoms. The van der Waals surface area contributed by atoms with Crippen molar-refractivity contribution in [3.05, 3.63) is 34.0 Å². The monoisotopic (exact) mass is 297 g/mol. The van der Waals surface area contributed by atoms with Crippen LogP contribution in [0.5, 0.6) is 0 Å². The fraction of sp³-hybridized carbons (Fsp3) is 0.500. The van der Waals surface area contributed by atoms with Gasteiger partial charge in [0.05, 0.1) is 6.54 Å². The van der Waals surface area contributed by atoms with Crippen LogP contribution in [0.1, 0.15) is 24.6 Å². The lowest BCUT2D eigenvalue weighted by Crippen LogP contribution is -2.37. The summed E-state index contributed by atoms with van der Waals surface area (Å²) in [5.41, 5.74) is 0.220. The molecular weight excluding hydrogens is 278 g/mol. The second kappa shape index (κ2) is 6.59. The van der Waals surface area contributed by atoms with E-state index in [-0.39, 0.29) is 12.5 Å². The maximum atomic E-state index is 11.8. The van der Waals surface area contributed by atoms with Crippen LogP contribution >= 0.6 is 23.1 Å². The molecule has 0 bridgehead atoms. The molecule has 1 aliphatic heterocycles. The molecule has 2 N–H and O–H groups in total. The van der Waals surface area contributed by atoms with Gasteiger partial charge in [-0.05, 0) is 42.7 Å². The first-order valence-corrected chi connectivity index (χ1v) is 8.43. The number of thiophene rings is 1. The van der Waals surface area contributed by atoms with Crippen LogP contribution in [-0.4, -0.2) is 29.1 Å². The van der Waals surface area contributed by atoms with Gasteiger partial charge in [0.15, 0.2) is 0 Å². The van der Waals surface area contributed by atoms with E-state index in [1.165, 1.54) is 16.9 Å². The van der Waals surface area contributed by atoms with Crippen LogP contribution in [0.25, 0.3) is 0 Å². The maximum absolute atomic E-state index is 11.8. The second-order valence-corrected chi connectivity index (χ2v) is 7.06. The van der Waals surface area contributed by atoms with Crippen molar-refractivity contribution in [2.75, 3.05) is 18.1 Å². The molecule has 0 aromatic carbocycles. The molecule has 3 nitrogen and oxygen atoms in total. The number of aliphatic hydroxyl groups is 1. The summed E-state index contributed by atoms with van der Waals surface area (Å²) < 4.78 is 0. The first-order chi connectivity index (χ1) is 9.08. The third kappa shape index (κ3) is 4.37. The molecule has 5 heteroatoms. The van der Waals surface area contributed by atoms with Gasteiger partial charge in [0, 0.05) is 11.0 Å². The van der Waals surface area contributed by atoms with Crippen LogP contribution < -0.4 is 5.32 Å². The lowest BCUT2D eigenvalue weighted by molar-refractivity contribution is -0.117. The van der Waals surface area contributed by atoms with Crippen LogP contribution in [0, 0.1) is 0 Å². The summed E-state index contributed by atoms with van der Waals surface area (Å²) in [5, 5.41) is 15.0. The molecule has 1 aromatic rings. The summed E-state index contributed by atoms with van der Waals surface area (Å²) in [5.74, 6) is 2.11. The van der Waals surface area contributed by atoms with Crippen molar-refractivity contribution in [1.29, 1.82) is 0 Å². The Kier molecular flexibility index (Phi) is 5.07. The van der Waals surface area contributed by atoms with Crippen molar-refractivity contribution >= 4 is 29.0 Å². The highest BCUT2D eigenvalue weighted by atomic mass is 32.2. The molecular formula is C14H19NO2S2. The van der Waals surface area contributed by atoms with Gasteiger partial charge in [0.25, 0.3) is 0 Å². The highest BCUT2D eigenvalue weighted by Crippen LogP contribution is 2.24. The standard InChI is InChI=1S/C14H19NO2S2/c1-14(17,12-3-2-6-19-12)10-15-13(16)9-11-4-7-18-8-5-11/h2-3,6,9,17H,4-5,7-8,10H2,1H3,(H,15,16). The largest absolute Gasteiger partial charge is 0.383 e. The number of hydrogen-bond acceptors (Lipinski definition) is 4. The van der Waals surface area contributed by atoms with E-state index < -0.39 is 5.60 Å². The molecule has 2 rings (SSSR count). The van der Waals surface area contributed by atoms with E-state index >= 15 is 0 Å². The van der Waals surface area contributed by atoms with Crippen LogP contribution in [0.3, 0.4) is 0 Å². The van der Waals surface area contributed by atoms with Crippen LogP contribution in [0.4, 0.5) is 0 Å². The normalized spacial score (nSPS) is 18.7. The number of hydrogen-bond donors (Lipinski definition) is 2. The van der Waals surface area contributed by atoms with Crippen molar-refractivity contribution in [3.63, 3.8) is 0 Å². The molecule has 1 aliphatic rings. The predicted molar refractivity (Wildman–Crippen MR) is 81.5 cm³/mol. The van der Waals surface area contributed by atoms with E-state index in [1.807, 2.05) is 29.3 Å². The zero-order valence-corrected chi connectivity index (χ0v) is 12.6.